The van der Waals surface area contributed by atoms with E-state index in [1.54, 1.807) is 16.7 Å². The Morgan fingerprint density at radius 3 is 2.42 bits per heavy atom. The first kappa shape index (κ1) is 14.2. The lowest BCUT2D eigenvalue weighted by Gasteiger charge is -2.39. The van der Waals surface area contributed by atoms with Gasteiger partial charge in [0, 0.05) is 19.6 Å². The Morgan fingerprint density at radius 2 is 1.79 bits per heavy atom. The molecule has 0 bridgehead atoms. The van der Waals surface area contributed by atoms with E-state index in [4.69, 9.17) is 9.47 Å². The van der Waals surface area contributed by atoms with E-state index in [1.807, 2.05) is 0 Å². The molecule has 0 aromatic heterocycles. The first-order chi connectivity index (χ1) is 9.11. The fraction of sp³-hybridized carbons (Fsp3) is 0.833. The smallest absolute Gasteiger partial charge is 0.323 e. The highest BCUT2D eigenvalue weighted by atomic mass is 16.5. The maximum atomic E-state index is 12.4. The lowest BCUT2D eigenvalue weighted by molar-refractivity contribution is -0.156. The van der Waals surface area contributed by atoms with Crippen molar-refractivity contribution in [2.24, 2.45) is 0 Å². The molecule has 2 aliphatic rings. The van der Waals surface area contributed by atoms with Crippen LogP contribution in [0.15, 0.2) is 0 Å². The standard InChI is InChI=1S/C12H20N2O5/c1-9(11(15)13-2-5-18-6-3-13)14-4-7-19-8-10(14)12(16)17/h9-10H,2-8H2,1H3,(H,16,17). The van der Waals surface area contributed by atoms with E-state index < -0.39 is 18.1 Å². The summed E-state index contributed by atoms with van der Waals surface area (Å²) in [7, 11) is 0. The summed E-state index contributed by atoms with van der Waals surface area (Å²) in [6.45, 7) is 5.07. The van der Waals surface area contributed by atoms with Crippen molar-refractivity contribution < 1.29 is 24.2 Å². The fourth-order valence-electron chi connectivity index (χ4n) is 2.48. The minimum Gasteiger partial charge on any atom is -0.480 e. The maximum Gasteiger partial charge on any atom is 0.323 e. The van der Waals surface area contributed by atoms with Crippen LogP contribution >= 0.6 is 0 Å². The monoisotopic (exact) mass is 272 g/mol. The molecule has 0 radical (unpaired) electrons. The average molecular weight is 272 g/mol. The van der Waals surface area contributed by atoms with Gasteiger partial charge in [0.15, 0.2) is 0 Å². The first-order valence-corrected chi connectivity index (χ1v) is 6.54. The molecule has 108 valence electrons. The number of hydrogen-bond acceptors (Lipinski definition) is 5. The molecule has 1 amide bonds. The van der Waals surface area contributed by atoms with Gasteiger partial charge >= 0.3 is 5.97 Å². The lowest BCUT2D eigenvalue weighted by Crippen LogP contribution is -2.59. The highest BCUT2D eigenvalue weighted by molar-refractivity contribution is 5.83. The molecule has 0 aliphatic carbocycles. The van der Waals surface area contributed by atoms with Crippen molar-refractivity contribution in [3.05, 3.63) is 0 Å². The third-order valence-electron chi connectivity index (χ3n) is 3.63. The molecule has 2 rings (SSSR count). The van der Waals surface area contributed by atoms with Gasteiger partial charge in [-0.1, -0.05) is 0 Å². The van der Waals surface area contributed by atoms with E-state index in [2.05, 4.69) is 0 Å². The number of carbonyl (C=O) groups excluding carboxylic acids is 1. The predicted octanol–water partition coefficient (Wildman–Crippen LogP) is -0.981. The number of carboxylic acid groups (broad SMARTS) is 1. The van der Waals surface area contributed by atoms with Crippen molar-refractivity contribution in [1.82, 2.24) is 9.80 Å². The fourth-order valence-corrected chi connectivity index (χ4v) is 2.48. The average Bonchev–Trinajstić information content (AvgIpc) is 2.46. The molecular weight excluding hydrogens is 252 g/mol. The highest BCUT2D eigenvalue weighted by Gasteiger charge is 2.36. The van der Waals surface area contributed by atoms with Crippen LogP contribution in [0.1, 0.15) is 6.92 Å². The van der Waals surface area contributed by atoms with Crippen molar-refractivity contribution in [2.75, 3.05) is 46.1 Å². The summed E-state index contributed by atoms with van der Waals surface area (Å²) >= 11 is 0. The van der Waals surface area contributed by atoms with Gasteiger partial charge in [0.1, 0.15) is 6.04 Å². The molecule has 2 heterocycles. The highest BCUT2D eigenvalue weighted by Crippen LogP contribution is 2.14. The number of ether oxygens (including phenoxy) is 2. The van der Waals surface area contributed by atoms with Crippen LogP contribution in [0.3, 0.4) is 0 Å². The van der Waals surface area contributed by atoms with Crippen molar-refractivity contribution in [3.63, 3.8) is 0 Å². The Balaban J connectivity index is 2.01. The van der Waals surface area contributed by atoms with Gasteiger partial charge in [0.2, 0.25) is 5.91 Å². The van der Waals surface area contributed by atoms with E-state index in [9.17, 15) is 14.7 Å². The summed E-state index contributed by atoms with van der Waals surface area (Å²) in [4.78, 5) is 27.0. The Bertz CT molecular complexity index is 343. The SMILES string of the molecule is CC(C(=O)N1CCOCC1)N1CCOCC1C(=O)O. The van der Waals surface area contributed by atoms with Crippen LogP contribution in [0.25, 0.3) is 0 Å². The molecule has 0 spiro atoms. The molecular formula is C12H20N2O5. The van der Waals surface area contributed by atoms with Crippen LogP contribution in [0.5, 0.6) is 0 Å². The van der Waals surface area contributed by atoms with E-state index in [0.717, 1.165) is 0 Å². The van der Waals surface area contributed by atoms with Gasteiger partial charge in [-0.3, -0.25) is 14.5 Å². The molecule has 2 atom stereocenters. The zero-order valence-corrected chi connectivity index (χ0v) is 11.1. The van der Waals surface area contributed by atoms with Gasteiger partial charge in [-0.15, -0.1) is 0 Å². The molecule has 0 aromatic rings. The molecule has 2 saturated heterocycles. The zero-order valence-electron chi connectivity index (χ0n) is 11.1. The summed E-state index contributed by atoms with van der Waals surface area (Å²) < 4.78 is 10.4. The summed E-state index contributed by atoms with van der Waals surface area (Å²) in [5.41, 5.74) is 0. The summed E-state index contributed by atoms with van der Waals surface area (Å²) in [5, 5.41) is 9.18. The largest absolute Gasteiger partial charge is 0.480 e. The second-order valence-corrected chi connectivity index (χ2v) is 4.78. The van der Waals surface area contributed by atoms with Crippen molar-refractivity contribution in [3.8, 4) is 0 Å². The Hall–Kier alpha value is -1.18. The van der Waals surface area contributed by atoms with Crippen LogP contribution in [-0.2, 0) is 19.1 Å². The van der Waals surface area contributed by atoms with Crippen molar-refractivity contribution >= 4 is 11.9 Å². The second-order valence-electron chi connectivity index (χ2n) is 4.78. The van der Waals surface area contributed by atoms with Crippen LogP contribution in [0, 0.1) is 0 Å². The molecule has 2 aliphatic heterocycles. The van der Waals surface area contributed by atoms with Gasteiger partial charge in [-0.2, -0.15) is 0 Å². The number of hydrogen-bond donors (Lipinski definition) is 1. The van der Waals surface area contributed by atoms with Crippen molar-refractivity contribution in [1.29, 1.82) is 0 Å². The molecule has 7 nitrogen and oxygen atoms in total. The van der Waals surface area contributed by atoms with Crippen LogP contribution < -0.4 is 0 Å². The third kappa shape index (κ3) is 3.23. The molecule has 2 fully saturated rings. The number of morpholine rings is 2. The number of rotatable bonds is 3. The number of aliphatic carboxylic acids is 1. The van der Waals surface area contributed by atoms with Gasteiger partial charge in [-0.25, -0.2) is 0 Å². The Kier molecular flexibility index (Phi) is 4.73. The number of amides is 1. The number of carboxylic acids is 1. The van der Waals surface area contributed by atoms with Crippen molar-refractivity contribution in [2.45, 2.75) is 19.0 Å². The topological polar surface area (TPSA) is 79.3 Å². The quantitative estimate of drug-likeness (QED) is 0.711. The van der Waals surface area contributed by atoms with Gasteiger partial charge < -0.3 is 19.5 Å². The van der Waals surface area contributed by atoms with E-state index in [0.29, 0.717) is 39.5 Å². The Morgan fingerprint density at radius 1 is 1.16 bits per heavy atom. The lowest BCUT2D eigenvalue weighted by atomic mass is 10.1. The molecule has 19 heavy (non-hydrogen) atoms. The second kappa shape index (κ2) is 6.31. The third-order valence-corrected chi connectivity index (χ3v) is 3.63. The van der Waals surface area contributed by atoms with Crippen LogP contribution in [0.4, 0.5) is 0 Å². The first-order valence-electron chi connectivity index (χ1n) is 6.54. The van der Waals surface area contributed by atoms with E-state index in [-0.39, 0.29) is 12.5 Å². The van der Waals surface area contributed by atoms with Gasteiger partial charge in [0.25, 0.3) is 0 Å². The predicted molar refractivity (Wildman–Crippen MR) is 65.8 cm³/mol. The van der Waals surface area contributed by atoms with Crippen LogP contribution in [0.2, 0.25) is 0 Å². The molecule has 0 saturated carbocycles. The maximum absolute atomic E-state index is 12.4. The minimum absolute atomic E-state index is 0.0311. The van der Waals surface area contributed by atoms with E-state index >= 15 is 0 Å². The van der Waals surface area contributed by atoms with Gasteiger partial charge in [0.05, 0.1) is 32.5 Å². The van der Waals surface area contributed by atoms with Gasteiger partial charge in [-0.05, 0) is 6.92 Å². The molecule has 0 aromatic carbocycles. The van der Waals surface area contributed by atoms with Crippen LogP contribution in [-0.4, -0.2) is 84.9 Å². The molecule has 1 N–H and O–H groups in total. The summed E-state index contributed by atoms with van der Waals surface area (Å²) in [6.07, 6.45) is 0. The minimum atomic E-state index is -0.943. The number of nitrogens with zero attached hydrogens (tertiary/aromatic N) is 2. The normalized spacial score (nSPS) is 27.0. The molecule has 2 unspecified atom stereocenters. The zero-order chi connectivity index (χ0) is 13.8. The number of carbonyl (C=O) groups is 2. The van der Waals surface area contributed by atoms with E-state index in [1.165, 1.54) is 0 Å². The summed E-state index contributed by atoms with van der Waals surface area (Å²) in [5.74, 6) is -0.974. The Labute approximate surface area is 112 Å². The summed E-state index contributed by atoms with van der Waals surface area (Å²) in [6, 6.07) is -1.18. The molecule has 7 heteroatoms.